The van der Waals surface area contributed by atoms with Gasteiger partial charge in [0, 0.05) is 5.56 Å². The van der Waals surface area contributed by atoms with Crippen molar-refractivity contribution >= 4 is 5.91 Å². The summed E-state index contributed by atoms with van der Waals surface area (Å²) in [6.07, 6.45) is 0. The molecule has 2 aromatic rings. The van der Waals surface area contributed by atoms with Crippen molar-refractivity contribution in [1.82, 2.24) is 5.32 Å². The number of fused-ring (bicyclic) bond motifs is 1. The second-order valence-electron chi connectivity index (χ2n) is 4.75. The van der Waals surface area contributed by atoms with E-state index in [2.05, 4.69) is 5.32 Å². The van der Waals surface area contributed by atoms with Crippen molar-refractivity contribution in [2.24, 2.45) is 0 Å². The summed E-state index contributed by atoms with van der Waals surface area (Å²) in [5, 5.41) is 2.75. The van der Waals surface area contributed by atoms with Gasteiger partial charge in [0.15, 0.2) is 0 Å². The van der Waals surface area contributed by atoms with Gasteiger partial charge in [0.05, 0.1) is 12.1 Å². The van der Waals surface area contributed by atoms with Crippen molar-refractivity contribution in [3.05, 3.63) is 53.3 Å². The molecule has 1 heterocycles. The maximum Gasteiger partial charge on any atom is 0.255 e. The largest absolute Gasteiger partial charge is 0.491 e. The highest BCUT2D eigenvalue weighted by atomic mass is 19.1. The molecule has 1 amide bonds. The third-order valence-corrected chi connectivity index (χ3v) is 3.37. The molecule has 1 aliphatic rings. The van der Waals surface area contributed by atoms with Gasteiger partial charge in [-0.3, -0.25) is 4.79 Å². The van der Waals surface area contributed by atoms with Crippen LogP contribution in [0.2, 0.25) is 0 Å². The molecular formula is C16H14FNO2. The number of hydrogen-bond acceptors (Lipinski definition) is 2. The van der Waals surface area contributed by atoms with E-state index in [1.807, 2.05) is 0 Å². The molecule has 0 spiro atoms. The summed E-state index contributed by atoms with van der Waals surface area (Å²) in [6, 6.07) is 10.4. The molecule has 0 saturated heterocycles. The average molecular weight is 271 g/mol. The van der Waals surface area contributed by atoms with E-state index in [1.165, 1.54) is 0 Å². The standard InChI is InChI=1S/C16H14FNO2/c1-10-3-2-4-12(15(10)17)11-5-6-14-13(9-11)16(19)18-7-8-20-14/h2-6,9H,7-8H2,1H3,(H,18,19). The minimum absolute atomic E-state index is 0.188. The van der Waals surface area contributed by atoms with Crippen LogP contribution in [0.5, 0.6) is 5.75 Å². The van der Waals surface area contributed by atoms with Crippen molar-refractivity contribution in [3.63, 3.8) is 0 Å². The average Bonchev–Trinajstić information content (AvgIpc) is 2.64. The Bertz CT molecular complexity index is 682. The number of halogens is 1. The molecule has 1 N–H and O–H groups in total. The Morgan fingerprint density at radius 1 is 1.20 bits per heavy atom. The zero-order chi connectivity index (χ0) is 14.1. The molecule has 4 heteroatoms. The first kappa shape index (κ1) is 12.7. The topological polar surface area (TPSA) is 38.3 Å². The fourth-order valence-corrected chi connectivity index (χ4v) is 2.29. The summed E-state index contributed by atoms with van der Waals surface area (Å²) in [5.74, 6) is 0.0895. The first-order valence-corrected chi connectivity index (χ1v) is 6.47. The molecule has 1 aliphatic heterocycles. The summed E-state index contributed by atoms with van der Waals surface area (Å²) in [5.41, 5.74) is 2.19. The van der Waals surface area contributed by atoms with Gasteiger partial charge >= 0.3 is 0 Å². The summed E-state index contributed by atoms with van der Waals surface area (Å²) < 4.78 is 19.7. The van der Waals surface area contributed by atoms with Crippen LogP contribution < -0.4 is 10.1 Å². The van der Waals surface area contributed by atoms with Gasteiger partial charge in [-0.15, -0.1) is 0 Å². The highest BCUT2D eigenvalue weighted by molar-refractivity contribution is 5.98. The Morgan fingerprint density at radius 2 is 2.05 bits per heavy atom. The van der Waals surface area contributed by atoms with E-state index < -0.39 is 0 Å². The lowest BCUT2D eigenvalue weighted by Gasteiger charge is -2.10. The van der Waals surface area contributed by atoms with Crippen LogP contribution in [0.1, 0.15) is 15.9 Å². The first-order chi connectivity index (χ1) is 9.66. The number of nitrogens with one attached hydrogen (secondary N) is 1. The van der Waals surface area contributed by atoms with Gasteiger partial charge in [-0.25, -0.2) is 4.39 Å². The molecule has 0 unspecified atom stereocenters. The number of carbonyl (C=O) groups is 1. The lowest BCUT2D eigenvalue weighted by atomic mass is 10.00. The Labute approximate surface area is 116 Å². The normalized spacial score (nSPS) is 14.0. The molecule has 3 nitrogen and oxygen atoms in total. The highest BCUT2D eigenvalue weighted by Gasteiger charge is 2.18. The molecule has 20 heavy (non-hydrogen) atoms. The van der Waals surface area contributed by atoms with Crippen molar-refractivity contribution in [2.75, 3.05) is 13.2 Å². The smallest absolute Gasteiger partial charge is 0.255 e. The van der Waals surface area contributed by atoms with Crippen LogP contribution >= 0.6 is 0 Å². The van der Waals surface area contributed by atoms with E-state index in [1.54, 1.807) is 43.3 Å². The van der Waals surface area contributed by atoms with E-state index >= 15 is 0 Å². The molecule has 0 atom stereocenters. The summed E-state index contributed by atoms with van der Waals surface area (Å²) in [4.78, 5) is 12.0. The van der Waals surface area contributed by atoms with Crippen molar-refractivity contribution in [3.8, 4) is 16.9 Å². The molecule has 0 aromatic heterocycles. The van der Waals surface area contributed by atoms with E-state index in [-0.39, 0.29) is 11.7 Å². The number of carbonyl (C=O) groups excluding carboxylic acids is 1. The maximum atomic E-state index is 14.2. The molecule has 3 rings (SSSR count). The Balaban J connectivity index is 2.12. The van der Waals surface area contributed by atoms with Crippen LogP contribution in [0.4, 0.5) is 4.39 Å². The van der Waals surface area contributed by atoms with Gasteiger partial charge < -0.3 is 10.1 Å². The number of amides is 1. The third kappa shape index (κ3) is 2.13. The third-order valence-electron chi connectivity index (χ3n) is 3.37. The van der Waals surface area contributed by atoms with E-state index in [9.17, 15) is 9.18 Å². The summed E-state index contributed by atoms with van der Waals surface area (Å²) in [6.45, 7) is 2.64. The van der Waals surface area contributed by atoms with Gasteiger partial charge in [-0.1, -0.05) is 24.3 Å². The lowest BCUT2D eigenvalue weighted by Crippen LogP contribution is -2.24. The van der Waals surface area contributed by atoms with Gasteiger partial charge in [0.2, 0.25) is 0 Å². The number of hydrogen-bond donors (Lipinski definition) is 1. The Hall–Kier alpha value is -2.36. The van der Waals surface area contributed by atoms with Crippen LogP contribution in [0.25, 0.3) is 11.1 Å². The van der Waals surface area contributed by atoms with Crippen LogP contribution in [0.15, 0.2) is 36.4 Å². The minimum atomic E-state index is -0.262. The van der Waals surface area contributed by atoms with Gasteiger partial charge in [0.25, 0.3) is 5.91 Å². The SMILES string of the molecule is Cc1cccc(-c2ccc3c(c2)C(=O)NCCO3)c1F. The van der Waals surface area contributed by atoms with Crippen LogP contribution in [-0.4, -0.2) is 19.1 Å². The first-order valence-electron chi connectivity index (χ1n) is 6.47. The monoisotopic (exact) mass is 271 g/mol. The molecule has 0 radical (unpaired) electrons. The van der Waals surface area contributed by atoms with Crippen molar-refractivity contribution in [2.45, 2.75) is 6.92 Å². The van der Waals surface area contributed by atoms with E-state index in [0.29, 0.717) is 41.2 Å². The lowest BCUT2D eigenvalue weighted by molar-refractivity contribution is 0.0957. The predicted octanol–water partition coefficient (Wildman–Crippen LogP) is 2.92. The second-order valence-corrected chi connectivity index (χ2v) is 4.75. The van der Waals surface area contributed by atoms with Crippen molar-refractivity contribution < 1.29 is 13.9 Å². The summed E-state index contributed by atoms with van der Waals surface area (Å²) >= 11 is 0. The van der Waals surface area contributed by atoms with E-state index in [4.69, 9.17) is 4.74 Å². The molecule has 102 valence electrons. The summed E-state index contributed by atoms with van der Waals surface area (Å²) in [7, 11) is 0. The number of benzene rings is 2. The highest BCUT2D eigenvalue weighted by Crippen LogP contribution is 2.30. The fraction of sp³-hybridized carbons (Fsp3) is 0.188. The maximum absolute atomic E-state index is 14.2. The molecule has 2 aromatic carbocycles. The van der Waals surface area contributed by atoms with E-state index in [0.717, 1.165) is 0 Å². The van der Waals surface area contributed by atoms with Gasteiger partial charge in [-0.05, 0) is 30.2 Å². The Morgan fingerprint density at radius 3 is 2.90 bits per heavy atom. The number of rotatable bonds is 1. The molecule has 0 bridgehead atoms. The molecule has 0 saturated carbocycles. The fourth-order valence-electron chi connectivity index (χ4n) is 2.29. The van der Waals surface area contributed by atoms with Crippen LogP contribution in [-0.2, 0) is 0 Å². The zero-order valence-corrected chi connectivity index (χ0v) is 11.1. The van der Waals surface area contributed by atoms with Crippen LogP contribution in [0.3, 0.4) is 0 Å². The number of aryl methyl sites for hydroxylation is 1. The predicted molar refractivity (Wildman–Crippen MR) is 74.4 cm³/mol. The van der Waals surface area contributed by atoms with Gasteiger partial charge in [-0.2, -0.15) is 0 Å². The zero-order valence-electron chi connectivity index (χ0n) is 11.1. The molecule has 0 fully saturated rings. The quantitative estimate of drug-likeness (QED) is 0.866. The number of ether oxygens (including phenoxy) is 1. The molecule has 0 aliphatic carbocycles. The molecular weight excluding hydrogens is 257 g/mol. The minimum Gasteiger partial charge on any atom is -0.491 e. The second kappa shape index (κ2) is 4.96. The van der Waals surface area contributed by atoms with Gasteiger partial charge in [0.1, 0.15) is 18.2 Å². The Kier molecular flexibility index (Phi) is 3.14. The van der Waals surface area contributed by atoms with Crippen LogP contribution in [0, 0.1) is 12.7 Å². The van der Waals surface area contributed by atoms with Crippen molar-refractivity contribution in [1.29, 1.82) is 0 Å².